The van der Waals surface area contributed by atoms with Crippen LogP contribution in [0.1, 0.15) is 0 Å². The van der Waals surface area contributed by atoms with E-state index in [1.165, 1.54) is 0 Å². The molecule has 0 bridgehead atoms. The predicted molar refractivity (Wildman–Crippen MR) is 94.9 cm³/mol. The van der Waals surface area contributed by atoms with E-state index in [1.807, 2.05) is 52.7 Å². The molecule has 1 atom stereocenters. The fourth-order valence-corrected chi connectivity index (χ4v) is 3.29. The maximum Gasteiger partial charge on any atom is 0.264 e. The summed E-state index contributed by atoms with van der Waals surface area (Å²) in [6.07, 6.45) is 1.28. The van der Waals surface area contributed by atoms with Crippen molar-refractivity contribution in [3.05, 3.63) is 54.0 Å². The Bertz CT molecular complexity index is 860. The Hall–Kier alpha value is -2.80. The summed E-state index contributed by atoms with van der Waals surface area (Å²) in [4.78, 5) is 13.4. The predicted octanol–water partition coefficient (Wildman–Crippen LogP) is 2.57. The van der Waals surface area contributed by atoms with Crippen molar-refractivity contribution in [3.8, 4) is 22.1 Å². The molecule has 1 N–H and O–H groups in total. The van der Waals surface area contributed by atoms with Gasteiger partial charge in [-0.15, -0.1) is 11.3 Å². The van der Waals surface area contributed by atoms with Gasteiger partial charge in [-0.2, -0.15) is 5.10 Å². The minimum atomic E-state index is -0.630. The number of thiophene rings is 1. The van der Waals surface area contributed by atoms with Gasteiger partial charge >= 0.3 is 0 Å². The fraction of sp³-hybridized carbons (Fsp3) is 0.222. The zero-order chi connectivity index (χ0) is 17.1. The van der Waals surface area contributed by atoms with Crippen molar-refractivity contribution in [2.24, 2.45) is 0 Å². The van der Waals surface area contributed by atoms with Gasteiger partial charge in [0, 0.05) is 12.7 Å². The summed E-state index contributed by atoms with van der Waals surface area (Å²) >= 11 is 1.66. The average molecular weight is 355 g/mol. The number of benzene rings is 1. The average Bonchev–Trinajstić information content (AvgIpc) is 3.32. The second-order valence-electron chi connectivity index (χ2n) is 5.60. The van der Waals surface area contributed by atoms with Crippen LogP contribution in [0.5, 0.6) is 11.5 Å². The molecule has 3 aromatic rings. The van der Waals surface area contributed by atoms with E-state index in [0.29, 0.717) is 24.6 Å². The molecule has 0 radical (unpaired) electrons. The van der Waals surface area contributed by atoms with E-state index in [4.69, 9.17) is 9.47 Å². The minimum absolute atomic E-state index is 0.180. The minimum Gasteiger partial charge on any atom is -0.485 e. The quantitative estimate of drug-likeness (QED) is 0.764. The lowest BCUT2D eigenvalue weighted by Gasteiger charge is -2.25. The number of aromatic nitrogens is 2. The summed E-state index contributed by atoms with van der Waals surface area (Å²) in [7, 11) is 0. The molecular formula is C18H17N3O3S. The molecule has 2 aromatic heterocycles. The van der Waals surface area contributed by atoms with Gasteiger partial charge in [0.1, 0.15) is 12.3 Å². The van der Waals surface area contributed by atoms with Crippen LogP contribution < -0.4 is 14.8 Å². The van der Waals surface area contributed by atoms with Crippen molar-refractivity contribution in [2.75, 3.05) is 13.2 Å². The number of amides is 1. The van der Waals surface area contributed by atoms with Gasteiger partial charge in [-0.25, -0.2) is 0 Å². The van der Waals surface area contributed by atoms with Crippen LogP contribution in [0.3, 0.4) is 0 Å². The van der Waals surface area contributed by atoms with Crippen LogP contribution in [0.25, 0.3) is 10.6 Å². The van der Waals surface area contributed by atoms with E-state index in [0.717, 1.165) is 10.6 Å². The lowest BCUT2D eigenvalue weighted by Crippen LogP contribution is -2.44. The van der Waals surface area contributed by atoms with Crippen molar-refractivity contribution < 1.29 is 14.3 Å². The van der Waals surface area contributed by atoms with Crippen LogP contribution in [0.4, 0.5) is 0 Å². The van der Waals surface area contributed by atoms with E-state index < -0.39 is 6.10 Å². The number of carbonyl (C=O) groups is 1. The number of hydrogen-bond donors (Lipinski definition) is 1. The van der Waals surface area contributed by atoms with Crippen LogP contribution in [-0.4, -0.2) is 34.9 Å². The highest BCUT2D eigenvalue weighted by Gasteiger charge is 2.26. The zero-order valence-corrected chi connectivity index (χ0v) is 14.2. The van der Waals surface area contributed by atoms with Crippen LogP contribution in [0.2, 0.25) is 0 Å². The molecular weight excluding hydrogens is 338 g/mol. The number of fused-ring (bicyclic) bond motifs is 1. The van der Waals surface area contributed by atoms with Gasteiger partial charge in [-0.05, 0) is 29.6 Å². The van der Waals surface area contributed by atoms with Crippen LogP contribution in [0.15, 0.2) is 54.0 Å². The molecule has 4 rings (SSSR count). The van der Waals surface area contributed by atoms with Gasteiger partial charge in [0.25, 0.3) is 5.91 Å². The Morgan fingerprint density at radius 3 is 2.96 bits per heavy atom. The second-order valence-corrected chi connectivity index (χ2v) is 6.54. The Balaban J connectivity index is 1.28. The van der Waals surface area contributed by atoms with E-state index >= 15 is 0 Å². The number of nitrogens with zero attached hydrogens (tertiary/aromatic N) is 2. The van der Waals surface area contributed by atoms with Gasteiger partial charge in [0.05, 0.1) is 11.4 Å². The second kappa shape index (κ2) is 6.98. The highest BCUT2D eigenvalue weighted by Crippen LogP contribution is 2.30. The van der Waals surface area contributed by atoms with Gasteiger partial charge in [0.15, 0.2) is 11.5 Å². The first-order valence-electron chi connectivity index (χ1n) is 8.03. The molecule has 0 unspecified atom stereocenters. The molecule has 0 aliphatic carbocycles. The van der Waals surface area contributed by atoms with Crippen LogP contribution in [-0.2, 0) is 11.3 Å². The van der Waals surface area contributed by atoms with Crippen molar-refractivity contribution in [3.63, 3.8) is 0 Å². The fourth-order valence-electron chi connectivity index (χ4n) is 2.60. The SMILES string of the molecule is O=C(NCCn1ccc(-c2cccs2)n1)[C@H]1COc2ccccc2O1. The third-order valence-corrected chi connectivity index (χ3v) is 4.75. The number of para-hydroxylation sites is 2. The molecule has 7 heteroatoms. The Morgan fingerprint density at radius 1 is 1.24 bits per heavy atom. The molecule has 1 aliphatic heterocycles. The smallest absolute Gasteiger partial charge is 0.264 e. The maximum absolute atomic E-state index is 12.2. The summed E-state index contributed by atoms with van der Waals surface area (Å²) in [5.74, 6) is 1.09. The maximum atomic E-state index is 12.2. The summed E-state index contributed by atoms with van der Waals surface area (Å²) in [5.41, 5.74) is 0.946. The van der Waals surface area contributed by atoms with E-state index in [9.17, 15) is 4.79 Å². The monoisotopic (exact) mass is 355 g/mol. The van der Waals surface area contributed by atoms with Gasteiger partial charge in [-0.3, -0.25) is 9.48 Å². The van der Waals surface area contributed by atoms with Gasteiger partial charge in [-0.1, -0.05) is 18.2 Å². The third kappa shape index (κ3) is 3.51. The lowest BCUT2D eigenvalue weighted by atomic mass is 10.2. The molecule has 3 heterocycles. The molecule has 1 aromatic carbocycles. The number of ether oxygens (including phenoxy) is 2. The number of hydrogen-bond acceptors (Lipinski definition) is 5. The topological polar surface area (TPSA) is 65.4 Å². The first kappa shape index (κ1) is 15.7. The van der Waals surface area contributed by atoms with E-state index in [-0.39, 0.29) is 12.5 Å². The van der Waals surface area contributed by atoms with Crippen molar-refractivity contribution in [1.29, 1.82) is 0 Å². The molecule has 128 valence electrons. The summed E-state index contributed by atoms with van der Waals surface area (Å²) < 4.78 is 13.1. The molecule has 0 saturated carbocycles. The number of nitrogens with one attached hydrogen (secondary N) is 1. The van der Waals surface area contributed by atoms with Crippen LogP contribution >= 0.6 is 11.3 Å². The lowest BCUT2D eigenvalue weighted by molar-refractivity contribution is -0.130. The highest BCUT2D eigenvalue weighted by atomic mass is 32.1. The molecule has 0 spiro atoms. The van der Waals surface area contributed by atoms with Crippen LogP contribution in [0, 0.1) is 0 Å². The van der Waals surface area contributed by atoms with E-state index in [1.54, 1.807) is 17.4 Å². The first-order valence-corrected chi connectivity index (χ1v) is 8.91. The van der Waals surface area contributed by atoms with E-state index in [2.05, 4.69) is 10.4 Å². The Labute approximate surface area is 149 Å². The number of rotatable bonds is 5. The zero-order valence-electron chi connectivity index (χ0n) is 13.4. The first-order chi connectivity index (χ1) is 12.3. The van der Waals surface area contributed by atoms with Crippen molar-refractivity contribution >= 4 is 17.2 Å². The normalized spacial score (nSPS) is 15.8. The Kier molecular flexibility index (Phi) is 4.39. The van der Waals surface area contributed by atoms with Crippen molar-refractivity contribution in [2.45, 2.75) is 12.6 Å². The molecule has 25 heavy (non-hydrogen) atoms. The molecule has 0 fully saturated rings. The number of carbonyl (C=O) groups excluding carboxylic acids is 1. The third-order valence-electron chi connectivity index (χ3n) is 3.86. The summed E-state index contributed by atoms with van der Waals surface area (Å²) in [6.45, 7) is 1.29. The van der Waals surface area contributed by atoms with Gasteiger partial charge in [0.2, 0.25) is 6.10 Å². The summed E-state index contributed by atoms with van der Waals surface area (Å²) in [6, 6.07) is 13.4. The Morgan fingerprint density at radius 2 is 2.12 bits per heavy atom. The summed E-state index contributed by atoms with van der Waals surface area (Å²) in [5, 5.41) is 9.41. The molecule has 6 nitrogen and oxygen atoms in total. The highest BCUT2D eigenvalue weighted by molar-refractivity contribution is 7.13. The van der Waals surface area contributed by atoms with Gasteiger partial charge < -0.3 is 14.8 Å². The molecule has 0 saturated heterocycles. The van der Waals surface area contributed by atoms with Crippen molar-refractivity contribution in [1.82, 2.24) is 15.1 Å². The standard InChI is InChI=1S/C18H17N3O3S/c22-18(16-12-23-14-4-1-2-5-15(14)24-16)19-8-10-21-9-7-13(20-21)17-6-3-11-25-17/h1-7,9,11,16H,8,10,12H2,(H,19,22)/t16-/m1/s1. The molecule has 1 amide bonds. The molecule has 1 aliphatic rings. The largest absolute Gasteiger partial charge is 0.485 e.